The van der Waals surface area contributed by atoms with Crippen LogP contribution < -0.4 is 5.56 Å². The van der Waals surface area contributed by atoms with Crippen LogP contribution in [-0.4, -0.2) is 49.9 Å². The molecule has 1 amide bonds. The van der Waals surface area contributed by atoms with Crippen LogP contribution in [0.2, 0.25) is 0 Å². The number of aromatic amines is 1. The van der Waals surface area contributed by atoms with Gasteiger partial charge in [-0.2, -0.15) is 0 Å². The van der Waals surface area contributed by atoms with E-state index in [0.29, 0.717) is 18.6 Å². The van der Waals surface area contributed by atoms with Crippen molar-refractivity contribution in [3.63, 3.8) is 0 Å². The van der Waals surface area contributed by atoms with Crippen molar-refractivity contribution in [1.82, 2.24) is 24.4 Å². The first-order valence-electron chi connectivity index (χ1n) is 10.8. The lowest BCUT2D eigenvalue weighted by atomic mass is 9.99. The second-order valence-corrected chi connectivity index (χ2v) is 8.63. The van der Waals surface area contributed by atoms with Crippen molar-refractivity contribution in [1.29, 1.82) is 0 Å². The third kappa shape index (κ3) is 3.15. The van der Waals surface area contributed by atoms with Crippen LogP contribution in [-0.2, 0) is 17.8 Å². The van der Waals surface area contributed by atoms with Gasteiger partial charge >= 0.3 is 0 Å². The van der Waals surface area contributed by atoms with E-state index < -0.39 is 0 Å². The van der Waals surface area contributed by atoms with Gasteiger partial charge in [0.1, 0.15) is 0 Å². The summed E-state index contributed by atoms with van der Waals surface area (Å²) in [4.78, 5) is 34.8. The van der Waals surface area contributed by atoms with Crippen molar-refractivity contribution in [3.05, 3.63) is 33.4 Å². The zero-order valence-electron chi connectivity index (χ0n) is 16.6. The minimum atomic E-state index is 0.0192. The highest BCUT2D eigenvalue weighted by atomic mass is 16.2. The number of H-pyrrole nitrogens is 1. The summed E-state index contributed by atoms with van der Waals surface area (Å²) in [6, 6.07) is 2.00. The summed E-state index contributed by atoms with van der Waals surface area (Å²) >= 11 is 0. The van der Waals surface area contributed by atoms with Crippen molar-refractivity contribution in [2.24, 2.45) is 5.92 Å². The molecule has 2 aliphatic heterocycles. The molecule has 2 aromatic rings. The fraction of sp³-hybridized carbons (Fsp3) is 0.667. The van der Waals surface area contributed by atoms with Crippen LogP contribution in [0.25, 0.3) is 5.65 Å². The Bertz CT molecular complexity index is 958. The highest BCUT2D eigenvalue weighted by Gasteiger charge is 2.31. The molecule has 0 aromatic carbocycles. The first-order valence-corrected chi connectivity index (χ1v) is 10.8. The Kier molecular flexibility index (Phi) is 4.50. The first-order chi connectivity index (χ1) is 13.6. The standard InChI is InChI=1S/C21H29N5O2/c1-2-20(27)25-9-4-3-5-18(25)17-11-19-22-16-8-10-24(12-14-6-7-14)13-15(16)21(28)26(19)23-17/h11,14,18,23H,2-10,12-13H2,1H3/t18-/m0/s1. The minimum absolute atomic E-state index is 0.0192. The number of hydrogen-bond donors (Lipinski definition) is 1. The van der Waals surface area contributed by atoms with Crippen molar-refractivity contribution in [3.8, 4) is 0 Å². The number of rotatable bonds is 4. The smallest absolute Gasteiger partial charge is 0.277 e. The predicted molar refractivity (Wildman–Crippen MR) is 106 cm³/mol. The molecule has 7 heteroatoms. The first kappa shape index (κ1) is 17.9. The Morgan fingerprint density at radius 2 is 2.11 bits per heavy atom. The molecule has 1 saturated carbocycles. The molecule has 3 aliphatic rings. The van der Waals surface area contributed by atoms with Crippen LogP contribution in [0.4, 0.5) is 0 Å². The summed E-state index contributed by atoms with van der Waals surface area (Å²) in [5.41, 5.74) is 3.43. The molecule has 28 heavy (non-hydrogen) atoms. The number of fused-ring (bicyclic) bond motifs is 2. The molecule has 0 bridgehead atoms. The summed E-state index contributed by atoms with van der Waals surface area (Å²) in [6.07, 6.45) is 7.09. The molecule has 1 saturated heterocycles. The monoisotopic (exact) mass is 383 g/mol. The largest absolute Gasteiger partial charge is 0.334 e. The van der Waals surface area contributed by atoms with Crippen LogP contribution in [0, 0.1) is 5.92 Å². The summed E-state index contributed by atoms with van der Waals surface area (Å²) in [5, 5.41) is 3.29. The van der Waals surface area contributed by atoms with Crippen molar-refractivity contribution >= 4 is 11.6 Å². The third-order valence-electron chi connectivity index (χ3n) is 6.56. The molecular weight excluding hydrogens is 354 g/mol. The summed E-state index contributed by atoms with van der Waals surface area (Å²) < 4.78 is 1.60. The number of likely N-dealkylation sites (tertiary alicyclic amines) is 1. The molecule has 1 N–H and O–H groups in total. The molecule has 4 heterocycles. The maximum Gasteiger partial charge on any atom is 0.277 e. The highest BCUT2D eigenvalue weighted by molar-refractivity contribution is 5.76. The molecule has 5 rings (SSSR count). The number of carbonyl (C=O) groups is 1. The van der Waals surface area contributed by atoms with Gasteiger partial charge in [-0.15, -0.1) is 0 Å². The molecular formula is C21H29N5O2. The van der Waals surface area contributed by atoms with Crippen LogP contribution in [0.3, 0.4) is 0 Å². The zero-order chi connectivity index (χ0) is 19.3. The average Bonchev–Trinajstić information content (AvgIpc) is 3.43. The van der Waals surface area contributed by atoms with Crippen molar-refractivity contribution in [2.45, 2.75) is 64.5 Å². The van der Waals surface area contributed by atoms with Gasteiger partial charge in [0.15, 0.2) is 5.65 Å². The highest BCUT2D eigenvalue weighted by Crippen LogP contribution is 2.32. The molecule has 0 radical (unpaired) electrons. The number of aromatic nitrogens is 3. The Morgan fingerprint density at radius 3 is 2.89 bits per heavy atom. The van der Waals surface area contributed by atoms with Gasteiger partial charge in [-0.3, -0.25) is 19.6 Å². The number of nitrogens with zero attached hydrogens (tertiary/aromatic N) is 4. The molecule has 1 aliphatic carbocycles. The van der Waals surface area contributed by atoms with E-state index in [2.05, 4.69) is 10.00 Å². The van der Waals surface area contributed by atoms with Gasteiger partial charge in [0.2, 0.25) is 5.91 Å². The van der Waals surface area contributed by atoms with E-state index in [4.69, 9.17) is 4.98 Å². The van der Waals surface area contributed by atoms with E-state index in [-0.39, 0.29) is 17.5 Å². The maximum absolute atomic E-state index is 13.2. The van der Waals surface area contributed by atoms with E-state index >= 15 is 0 Å². The van der Waals surface area contributed by atoms with Gasteiger partial charge in [0.05, 0.1) is 23.0 Å². The van der Waals surface area contributed by atoms with Crippen LogP contribution in [0.5, 0.6) is 0 Å². The third-order valence-corrected chi connectivity index (χ3v) is 6.56. The molecule has 0 unspecified atom stereocenters. The van der Waals surface area contributed by atoms with Gasteiger partial charge in [0.25, 0.3) is 5.56 Å². The SMILES string of the molecule is CCC(=O)N1CCCC[C@H]1c1cc2nc3c(c(=O)n2[nH]1)CN(CC1CC1)CC3. The van der Waals surface area contributed by atoms with Gasteiger partial charge in [0, 0.05) is 45.1 Å². The lowest BCUT2D eigenvalue weighted by molar-refractivity contribution is -0.134. The van der Waals surface area contributed by atoms with Crippen LogP contribution in [0.15, 0.2) is 10.9 Å². The van der Waals surface area contributed by atoms with Gasteiger partial charge < -0.3 is 4.90 Å². The minimum Gasteiger partial charge on any atom is -0.334 e. The van der Waals surface area contributed by atoms with Gasteiger partial charge in [-0.05, 0) is 38.0 Å². The predicted octanol–water partition coefficient (Wildman–Crippen LogP) is 2.25. The lowest BCUT2D eigenvalue weighted by Gasteiger charge is -2.35. The summed E-state index contributed by atoms with van der Waals surface area (Å²) in [6.45, 7) is 5.51. The number of hydrogen-bond acceptors (Lipinski definition) is 4. The maximum atomic E-state index is 13.2. The molecule has 1 atom stereocenters. The second-order valence-electron chi connectivity index (χ2n) is 8.63. The topological polar surface area (TPSA) is 73.7 Å². The zero-order valence-corrected chi connectivity index (χ0v) is 16.6. The van der Waals surface area contributed by atoms with Crippen molar-refractivity contribution in [2.75, 3.05) is 19.6 Å². The second kappa shape index (κ2) is 7.03. The molecule has 2 fully saturated rings. The summed E-state index contributed by atoms with van der Waals surface area (Å²) in [7, 11) is 0. The molecule has 7 nitrogen and oxygen atoms in total. The van der Waals surface area contributed by atoms with Gasteiger partial charge in [-0.25, -0.2) is 9.50 Å². The molecule has 2 aromatic heterocycles. The Hall–Kier alpha value is -2.15. The van der Waals surface area contributed by atoms with E-state index in [0.717, 1.165) is 68.2 Å². The van der Waals surface area contributed by atoms with Gasteiger partial charge in [-0.1, -0.05) is 6.92 Å². The summed E-state index contributed by atoms with van der Waals surface area (Å²) in [5.74, 6) is 1.00. The number of nitrogens with one attached hydrogen (secondary N) is 1. The molecule has 150 valence electrons. The number of amides is 1. The molecule has 0 spiro atoms. The van der Waals surface area contributed by atoms with E-state index in [9.17, 15) is 9.59 Å². The normalized spacial score (nSPS) is 23.2. The lowest BCUT2D eigenvalue weighted by Crippen LogP contribution is -2.38. The van der Waals surface area contributed by atoms with E-state index in [1.54, 1.807) is 4.52 Å². The Balaban J connectivity index is 1.48. The Labute approximate surface area is 164 Å². The van der Waals surface area contributed by atoms with E-state index in [1.807, 2.05) is 17.9 Å². The van der Waals surface area contributed by atoms with Crippen LogP contribution >= 0.6 is 0 Å². The van der Waals surface area contributed by atoms with Crippen molar-refractivity contribution < 1.29 is 4.79 Å². The Morgan fingerprint density at radius 1 is 1.25 bits per heavy atom. The van der Waals surface area contributed by atoms with E-state index in [1.165, 1.54) is 12.8 Å². The quantitative estimate of drug-likeness (QED) is 0.879. The van der Waals surface area contributed by atoms with Crippen LogP contribution in [0.1, 0.15) is 68.4 Å². The fourth-order valence-electron chi connectivity index (χ4n) is 4.80. The average molecular weight is 383 g/mol. The number of carbonyl (C=O) groups excluding carboxylic acids is 1. The fourth-order valence-corrected chi connectivity index (χ4v) is 4.80. The number of piperidine rings is 1.